The Morgan fingerprint density at radius 3 is 1.54 bits per heavy atom. The number of methoxy groups -OCH3 is 2. The highest BCUT2D eigenvalue weighted by Gasteiger charge is 2.27. The van der Waals surface area contributed by atoms with Gasteiger partial charge in [0.1, 0.15) is 28.6 Å². The van der Waals surface area contributed by atoms with Gasteiger partial charge in [-0.15, -0.1) is 0 Å². The second-order valence-corrected chi connectivity index (χ2v) is 10.8. The molecule has 5 aromatic carbocycles. The zero-order valence-corrected chi connectivity index (χ0v) is 27.1. The molecular weight excluding hydrogens is 608 g/mol. The van der Waals surface area contributed by atoms with Crippen LogP contribution in [-0.4, -0.2) is 39.4 Å². The summed E-state index contributed by atoms with van der Waals surface area (Å²) in [6, 6.07) is 38.1. The van der Waals surface area contributed by atoms with Crippen molar-refractivity contribution in [3.05, 3.63) is 144 Å². The highest BCUT2D eigenvalue weighted by atomic mass is 16.5. The molecule has 0 radical (unpaired) electrons. The van der Waals surface area contributed by atoms with E-state index in [1.54, 1.807) is 6.07 Å². The van der Waals surface area contributed by atoms with Crippen LogP contribution in [0, 0.1) is 0 Å². The number of hydrogen-bond acceptors (Lipinski definition) is 8. The molecule has 5 aromatic rings. The molecule has 0 bridgehead atoms. The van der Waals surface area contributed by atoms with Gasteiger partial charge in [0, 0.05) is 0 Å². The Balaban J connectivity index is 1.24. The Labute approximate surface area is 280 Å². The van der Waals surface area contributed by atoms with E-state index in [1.807, 2.05) is 109 Å². The molecular formula is C40H38O8. The zero-order chi connectivity index (χ0) is 33.6. The fourth-order valence-electron chi connectivity index (χ4n) is 5.09. The van der Waals surface area contributed by atoms with Gasteiger partial charge >= 0.3 is 11.9 Å². The molecule has 0 atom stereocenters. The molecule has 0 saturated carbocycles. The van der Waals surface area contributed by atoms with E-state index in [4.69, 9.17) is 28.4 Å². The second kappa shape index (κ2) is 17.2. The number of hydrogen-bond donors (Lipinski definition) is 0. The molecule has 5 rings (SSSR count). The Morgan fingerprint density at radius 2 is 1.02 bits per heavy atom. The summed E-state index contributed by atoms with van der Waals surface area (Å²) in [4.78, 5) is 25.6. The van der Waals surface area contributed by atoms with Crippen LogP contribution in [0.2, 0.25) is 0 Å². The van der Waals surface area contributed by atoms with E-state index in [-0.39, 0.29) is 23.5 Å². The highest BCUT2D eigenvalue weighted by Crippen LogP contribution is 2.36. The summed E-state index contributed by atoms with van der Waals surface area (Å²) < 4.78 is 34.2. The lowest BCUT2D eigenvalue weighted by atomic mass is 10.1. The lowest BCUT2D eigenvalue weighted by Crippen LogP contribution is -2.16. The maximum Gasteiger partial charge on any atom is 0.342 e. The Hall–Kier alpha value is -5.76. The van der Waals surface area contributed by atoms with Crippen LogP contribution in [0.15, 0.2) is 121 Å². The van der Waals surface area contributed by atoms with Gasteiger partial charge in [-0.2, -0.15) is 0 Å². The largest absolute Gasteiger partial charge is 0.490 e. The second-order valence-electron chi connectivity index (χ2n) is 10.8. The van der Waals surface area contributed by atoms with Gasteiger partial charge < -0.3 is 28.4 Å². The van der Waals surface area contributed by atoms with Crippen LogP contribution >= 0.6 is 0 Å². The number of ether oxygens (including phenoxy) is 6. The van der Waals surface area contributed by atoms with Crippen molar-refractivity contribution in [3.8, 4) is 34.5 Å². The fourth-order valence-corrected chi connectivity index (χ4v) is 5.09. The van der Waals surface area contributed by atoms with Gasteiger partial charge in [0.15, 0.2) is 11.5 Å². The maximum absolute atomic E-state index is 13.0. The van der Waals surface area contributed by atoms with Crippen LogP contribution in [0.4, 0.5) is 0 Å². The summed E-state index contributed by atoms with van der Waals surface area (Å²) >= 11 is 0. The number of benzene rings is 5. The summed E-state index contributed by atoms with van der Waals surface area (Å²) in [6.45, 7) is 0.593. The molecule has 0 aromatic heterocycles. The maximum atomic E-state index is 13.0. The number of rotatable bonds is 16. The van der Waals surface area contributed by atoms with Crippen molar-refractivity contribution >= 4 is 11.9 Å². The van der Waals surface area contributed by atoms with Gasteiger partial charge in [-0.25, -0.2) is 9.59 Å². The lowest BCUT2D eigenvalue weighted by Gasteiger charge is -2.18. The number of esters is 2. The average Bonchev–Trinajstić information content (AvgIpc) is 3.12. The minimum atomic E-state index is -0.725. The van der Waals surface area contributed by atoms with E-state index >= 15 is 0 Å². The fraction of sp³-hybridized carbons (Fsp3) is 0.200. The van der Waals surface area contributed by atoms with E-state index in [0.29, 0.717) is 31.6 Å². The summed E-state index contributed by atoms with van der Waals surface area (Å²) in [6.07, 6.45) is 2.74. The van der Waals surface area contributed by atoms with Crippen molar-refractivity contribution < 1.29 is 38.0 Å². The molecule has 8 nitrogen and oxygen atoms in total. The average molecular weight is 647 g/mol. The van der Waals surface area contributed by atoms with E-state index in [9.17, 15) is 9.59 Å². The quantitative estimate of drug-likeness (QED) is 0.0776. The molecule has 0 saturated heterocycles. The Morgan fingerprint density at radius 1 is 0.521 bits per heavy atom. The van der Waals surface area contributed by atoms with Gasteiger partial charge in [0.2, 0.25) is 0 Å². The third-order valence-corrected chi connectivity index (χ3v) is 7.39. The third kappa shape index (κ3) is 9.39. The molecule has 0 spiro atoms. The van der Waals surface area contributed by atoms with Crippen molar-refractivity contribution in [2.75, 3.05) is 27.4 Å². The molecule has 0 amide bonds. The van der Waals surface area contributed by atoms with E-state index < -0.39 is 11.9 Å². The summed E-state index contributed by atoms with van der Waals surface area (Å²) in [5, 5.41) is 0. The summed E-state index contributed by atoms with van der Waals surface area (Å²) in [5.41, 5.74) is 2.16. The summed E-state index contributed by atoms with van der Waals surface area (Å²) in [5.74, 6) is 2.10. The standard InChI is InChI=1S/C40H38O8/c1-43-39(41)35-23-24-36(45-25-11-15-29-13-9-21-33(27-29)47-31-17-5-3-6-18-31)38(37(35)40(42)44-2)46-26-12-16-30-14-10-22-34(28-30)48-32-19-7-4-8-20-32/h3-10,13-14,17-24,27-28H,11-12,15-16,25-26H2,1-2H3. The molecule has 0 fully saturated rings. The predicted octanol–water partition coefficient (Wildman–Crippen LogP) is 8.87. The van der Waals surface area contributed by atoms with Crippen molar-refractivity contribution in [1.82, 2.24) is 0 Å². The Bertz CT molecular complexity index is 1790. The van der Waals surface area contributed by atoms with Crippen LogP contribution in [0.5, 0.6) is 34.5 Å². The van der Waals surface area contributed by atoms with E-state index in [2.05, 4.69) is 0 Å². The van der Waals surface area contributed by atoms with Crippen molar-refractivity contribution in [1.29, 1.82) is 0 Å². The van der Waals surface area contributed by atoms with Crippen molar-refractivity contribution in [2.45, 2.75) is 25.7 Å². The number of carbonyl (C=O) groups is 2. The Kier molecular flexibility index (Phi) is 12.1. The first kappa shape index (κ1) is 33.6. The molecule has 0 unspecified atom stereocenters. The van der Waals surface area contributed by atoms with E-state index in [0.717, 1.165) is 40.5 Å². The van der Waals surface area contributed by atoms with Crippen molar-refractivity contribution in [3.63, 3.8) is 0 Å². The van der Waals surface area contributed by atoms with Crippen LogP contribution < -0.4 is 18.9 Å². The molecule has 0 heterocycles. The third-order valence-electron chi connectivity index (χ3n) is 7.39. The van der Waals surface area contributed by atoms with Gasteiger partial charge in [-0.1, -0.05) is 60.7 Å². The molecule has 0 N–H and O–H groups in total. The monoisotopic (exact) mass is 646 g/mol. The normalized spacial score (nSPS) is 10.5. The molecule has 48 heavy (non-hydrogen) atoms. The van der Waals surface area contributed by atoms with Crippen LogP contribution in [0.25, 0.3) is 0 Å². The first-order valence-electron chi connectivity index (χ1n) is 15.8. The zero-order valence-electron chi connectivity index (χ0n) is 27.1. The topological polar surface area (TPSA) is 89.5 Å². The number of para-hydroxylation sites is 2. The van der Waals surface area contributed by atoms with Gasteiger partial charge in [-0.3, -0.25) is 0 Å². The lowest BCUT2D eigenvalue weighted by molar-refractivity contribution is 0.0550. The van der Waals surface area contributed by atoms with Gasteiger partial charge in [0.05, 0.1) is 33.0 Å². The highest BCUT2D eigenvalue weighted by molar-refractivity contribution is 6.05. The minimum absolute atomic E-state index is 0.0349. The molecule has 0 aliphatic heterocycles. The van der Waals surface area contributed by atoms with Crippen molar-refractivity contribution in [2.24, 2.45) is 0 Å². The van der Waals surface area contributed by atoms with Crippen LogP contribution in [0.3, 0.4) is 0 Å². The van der Waals surface area contributed by atoms with E-state index in [1.165, 1.54) is 20.3 Å². The predicted molar refractivity (Wildman–Crippen MR) is 183 cm³/mol. The van der Waals surface area contributed by atoms with Crippen LogP contribution in [-0.2, 0) is 22.3 Å². The van der Waals surface area contributed by atoms with Gasteiger partial charge in [0.25, 0.3) is 0 Å². The number of aryl methyl sites for hydroxylation is 2. The number of carbonyl (C=O) groups excluding carboxylic acids is 2. The first-order chi connectivity index (χ1) is 23.5. The molecule has 246 valence electrons. The molecule has 8 heteroatoms. The molecule has 0 aliphatic carbocycles. The van der Waals surface area contributed by atoms with Gasteiger partial charge in [-0.05, 0) is 97.5 Å². The summed E-state index contributed by atoms with van der Waals surface area (Å²) in [7, 11) is 2.50. The smallest absolute Gasteiger partial charge is 0.342 e. The SMILES string of the molecule is COC(=O)c1ccc(OCCCc2cccc(Oc3ccccc3)c2)c(OCCCc2cccc(Oc3ccccc3)c2)c1C(=O)OC. The molecule has 0 aliphatic rings. The minimum Gasteiger partial charge on any atom is -0.490 e. The van der Waals surface area contributed by atoms with Crippen LogP contribution in [0.1, 0.15) is 44.7 Å². The first-order valence-corrected chi connectivity index (χ1v) is 15.8.